The number of hydrogen-bond donors (Lipinski definition) is 1. The summed E-state index contributed by atoms with van der Waals surface area (Å²) in [5, 5.41) is 0. The number of hydrogen-bond acceptors (Lipinski definition) is 3. The zero-order chi connectivity index (χ0) is 16.7. The minimum absolute atomic E-state index is 0.224. The van der Waals surface area contributed by atoms with Gasteiger partial charge in [-0.05, 0) is 24.6 Å². The molecule has 0 amide bonds. The molecule has 0 radical (unpaired) electrons. The molecule has 0 heterocycles. The summed E-state index contributed by atoms with van der Waals surface area (Å²) in [7, 11) is -3.62. The van der Waals surface area contributed by atoms with Crippen molar-refractivity contribution in [2.24, 2.45) is 0 Å². The zero-order valence-corrected chi connectivity index (χ0v) is 14.5. The molecule has 0 saturated carbocycles. The maximum Gasteiger partial charge on any atom is 0.241 e. The van der Waals surface area contributed by atoms with E-state index in [-0.39, 0.29) is 11.5 Å². The van der Waals surface area contributed by atoms with Crippen LogP contribution in [-0.2, 0) is 14.8 Å². The summed E-state index contributed by atoms with van der Waals surface area (Å²) in [6.45, 7) is 2.51. The van der Waals surface area contributed by atoms with Crippen LogP contribution >= 0.6 is 11.6 Å². The summed E-state index contributed by atoms with van der Waals surface area (Å²) in [5.41, 5.74) is 1.85. The molecular weight excluding hydrogens is 334 g/mol. The van der Waals surface area contributed by atoms with Gasteiger partial charge in [0.25, 0.3) is 0 Å². The highest BCUT2D eigenvalue weighted by molar-refractivity contribution is 7.89. The van der Waals surface area contributed by atoms with Crippen molar-refractivity contribution in [2.75, 3.05) is 19.1 Å². The second-order valence-electron chi connectivity index (χ2n) is 5.16. The number of ether oxygens (including phenoxy) is 1. The fourth-order valence-electron chi connectivity index (χ4n) is 2.11. The van der Waals surface area contributed by atoms with E-state index in [0.717, 1.165) is 11.1 Å². The number of aryl methyl sites for hydroxylation is 1. The second-order valence-corrected chi connectivity index (χ2v) is 7.25. The molecule has 4 nitrogen and oxygen atoms in total. The van der Waals surface area contributed by atoms with Crippen LogP contribution in [0.5, 0.6) is 0 Å². The second kappa shape index (κ2) is 8.45. The Hall–Kier alpha value is -1.40. The monoisotopic (exact) mass is 353 g/mol. The van der Waals surface area contributed by atoms with Gasteiger partial charge in [-0.2, -0.15) is 0 Å². The zero-order valence-electron chi connectivity index (χ0n) is 12.9. The lowest BCUT2D eigenvalue weighted by Crippen LogP contribution is -2.31. The van der Waals surface area contributed by atoms with Crippen molar-refractivity contribution in [1.82, 2.24) is 4.72 Å². The standard InChI is InChI=1S/C17H20ClNO3S/c1-14-7-9-16(10-8-14)23(20,21)19-17(13-22-12-11-18)15-5-3-2-4-6-15/h2-10,17,19H,11-13H2,1H3/t17-/m0/s1. The summed E-state index contributed by atoms with van der Waals surface area (Å²) in [4.78, 5) is 0.237. The number of sulfonamides is 1. The molecule has 0 saturated heterocycles. The van der Waals surface area contributed by atoms with Gasteiger partial charge in [-0.3, -0.25) is 0 Å². The van der Waals surface area contributed by atoms with Crippen LogP contribution in [-0.4, -0.2) is 27.5 Å². The SMILES string of the molecule is Cc1ccc(S(=O)(=O)N[C@@H](COCCCl)c2ccccc2)cc1. The average molecular weight is 354 g/mol. The topological polar surface area (TPSA) is 55.4 Å². The van der Waals surface area contributed by atoms with Gasteiger partial charge < -0.3 is 4.74 Å². The Morgan fingerprint density at radius 2 is 1.74 bits per heavy atom. The molecule has 23 heavy (non-hydrogen) atoms. The quantitative estimate of drug-likeness (QED) is 0.585. The van der Waals surface area contributed by atoms with Gasteiger partial charge in [-0.15, -0.1) is 11.6 Å². The molecule has 0 aromatic heterocycles. The van der Waals surface area contributed by atoms with E-state index in [1.54, 1.807) is 24.3 Å². The van der Waals surface area contributed by atoms with E-state index < -0.39 is 16.1 Å². The fourth-order valence-corrected chi connectivity index (χ4v) is 3.43. The molecule has 0 bridgehead atoms. The first-order valence-electron chi connectivity index (χ1n) is 7.30. The molecule has 0 unspecified atom stereocenters. The summed E-state index contributed by atoms with van der Waals surface area (Å²) in [6.07, 6.45) is 0. The summed E-state index contributed by atoms with van der Waals surface area (Å²) in [6, 6.07) is 15.6. The third-order valence-corrected chi connectivity index (χ3v) is 4.98. The maximum atomic E-state index is 12.6. The predicted molar refractivity (Wildman–Crippen MR) is 92.2 cm³/mol. The lowest BCUT2D eigenvalue weighted by Gasteiger charge is -2.19. The van der Waals surface area contributed by atoms with E-state index in [9.17, 15) is 8.42 Å². The Kier molecular flexibility index (Phi) is 6.59. The molecule has 2 aromatic carbocycles. The van der Waals surface area contributed by atoms with Gasteiger partial charge in [0.2, 0.25) is 10.0 Å². The lowest BCUT2D eigenvalue weighted by atomic mass is 10.1. The maximum absolute atomic E-state index is 12.6. The molecule has 6 heteroatoms. The lowest BCUT2D eigenvalue weighted by molar-refractivity contribution is 0.131. The van der Waals surface area contributed by atoms with Gasteiger partial charge in [0, 0.05) is 5.88 Å². The van der Waals surface area contributed by atoms with Crippen LogP contribution in [0.25, 0.3) is 0 Å². The van der Waals surface area contributed by atoms with Gasteiger partial charge in [-0.25, -0.2) is 13.1 Å². The van der Waals surface area contributed by atoms with Gasteiger partial charge >= 0.3 is 0 Å². The van der Waals surface area contributed by atoms with Crippen LogP contribution in [0.3, 0.4) is 0 Å². The smallest absolute Gasteiger partial charge is 0.241 e. The third kappa shape index (κ3) is 5.32. The molecule has 124 valence electrons. The highest BCUT2D eigenvalue weighted by Gasteiger charge is 2.21. The van der Waals surface area contributed by atoms with Crippen LogP contribution in [0.15, 0.2) is 59.5 Å². The molecule has 1 atom stereocenters. The molecule has 2 aromatic rings. The van der Waals surface area contributed by atoms with E-state index in [1.807, 2.05) is 37.3 Å². The van der Waals surface area contributed by atoms with Gasteiger partial charge in [0.05, 0.1) is 24.2 Å². The molecule has 2 rings (SSSR count). The Labute approximate surface area is 142 Å². The first kappa shape index (κ1) is 17.9. The van der Waals surface area contributed by atoms with Gasteiger partial charge in [-0.1, -0.05) is 48.0 Å². The number of benzene rings is 2. The normalized spacial score (nSPS) is 13.0. The Balaban J connectivity index is 2.20. The predicted octanol–water partition coefficient (Wildman–Crippen LogP) is 3.27. The van der Waals surface area contributed by atoms with E-state index in [0.29, 0.717) is 12.5 Å². The van der Waals surface area contributed by atoms with Crippen molar-refractivity contribution >= 4 is 21.6 Å². The summed E-state index contributed by atoms with van der Waals surface area (Å²) >= 11 is 5.61. The first-order valence-corrected chi connectivity index (χ1v) is 9.32. The van der Waals surface area contributed by atoms with Crippen LogP contribution in [0.4, 0.5) is 0 Å². The number of rotatable bonds is 8. The Morgan fingerprint density at radius 1 is 1.09 bits per heavy atom. The van der Waals surface area contributed by atoms with Crippen molar-refractivity contribution in [3.63, 3.8) is 0 Å². The van der Waals surface area contributed by atoms with Crippen molar-refractivity contribution in [2.45, 2.75) is 17.9 Å². The summed E-state index contributed by atoms with van der Waals surface area (Å²) in [5.74, 6) is 0.367. The third-order valence-electron chi connectivity index (χ3n) is 3.34. The molecule has 0 fully saturated rings. The minimum Gasteiger partial charge on any atom is -0.378 e. The van der Waals surface area contributed by atoms with Crippen LogP contribution in [0.1, 0.15) is 17.2 Å². The van der Waals surface area contributed by atoms with E-state index >= 15 is 0 Å². The number of halogens is 1. The van der Waals surface area contributed by atoms with Crippen molar-refractivity contribution in [3.8, 4) is 0 Å². The highest BCUT2D eigenvalue weighted by atomic mass is 35.5. The molecule has 1 N–H and O–H groups in total. The fraction of sp³-hybridized carbons (Fsp3) is 0.294. The average Bonchev–Trinajstić information content (AvgIpc) is 2.55. The minimum atomic E-state index is -3.62. The van der Waals surface area contributed by atoms with E-state index in [2.05, 4.69) is 4.72 Å². The van der Waals surface area contributed by atoms with E-state index in [1.165, 1.54) is 0 Å². The highest BCUT2D eigenvalue weighted by Crippen LogP contribution is 2.18. The van der Waals surface area contributed by atoms with Gasteiger partial charge in [0.15, 0.2) is 0 Å². The summed E-state index contributed by atoms with van der Waals surface area (Å²) < 4.78 is 33.3. The molecular formula is C17H20ClNO3S. The van der Waals surface area contributed by atoms with Gasteiger partial charge in [0.1, 0.15) is 0 Å². The van der Waals surface area contributed by atoms with Crippen molar-refractivity contribution in [3.05, 3.63) is 65.7 Å². The van der Waals surface area contributed by atoms with Crippen LogP contribution in [0, 0.1) is 6.92 Å². The Morgan fingerprint density at radius 3 is 2.35 bits per heavy atom. The molecule has 0 aliphatic heterocycles. The first-order chi connectivity index (χ1) is 11.0. The van der Waals surface area contributed by atoms with Crippen molar-refractivity contribution < 1.29 is 13.2 Å². The molecule has 0 aliphatic rings. The molecule has 0 aliphatic carbocycles. The largest absolute Gasteiger partial charge is 0.378 e. The Bertz CT molecular complexity index is 702. The van der Waals surface area contributed by atoms with Crippen molar-refractivity contribution in [1.29, 1.82) is 0 Å². The van der Waals surface area contributed by atoms with Crippen LogP contribution < -0.4 is 4.72 Å². The number of nitrogens with one attached hydrogen (secondary N) is 1. The molecule has 0 spiro atoms. The van der Waals surface area contributed by atoms with E-state index in [4.69, 9.17) is 16.3 Å². The van der Waals surface area contributed by atoms with Crippen LogP contribution in [0.2, 0.25) is 0 Å². The number of alkyl halides is 1.